The molecule has 0 aromatic carbocycles. The van der Waals surface area contributed by atoms with Crippen molar-refractivity contribution in [2.45, 2.75) is 193 Å². The van der Waals surface area contributed by atoms with Crippen LogP contribution in [0, 0.1) is 5.92 Å². The Morgan fingerprint density at radius 1 is 0.605 bits per heavy atom. The van der Waals surface area contributed by atoms with Crippen LogP contribution in [0.25, 0.3) is 0 Å². The maximum atomic E-state index is 14.3. The predicted octanol–water partition coefficient (Wildman–Crippen LogP) is 10.9. The van der Waals surface area contributed by atoms with Crippen molar-refractivity contribution in [3.63, 3.8) is 0 Å². The average Bonchev–Trinajstić information content (AvgIpc) is 2.89. The molecular weight excluding hydrogens is 480 g/mol. The molecule has 0 aromatic rings. The van der Waals surface area contributed by atoms with Crippen molar-refractivity contribution in [2.75, 3.05) is 6.61 Å². The summed E-state index contributed by atoms with van der Waals surface area (Å²) in [6.45, 7) is 6.77. The van der Waals surface area contributed by atoms with Crippen molar-refractivity contribution in [3.05, 3.63) is 0 Å². The van der Waals surface area contributed by atoms with Crippen LogP contribution in [-0.2, 0) is 9.53 Å². The number of esters is 1. The van der Waals surface area contributed by atoms with Crippen LogP contribution in [0.1, 0.15) is 181 Å². The molecule has 0 aliphatic rings. The van der Waals surface area contributed by atoms with E-state index in [1.54, 1.807) is 0 Å². The molecule has 0 aliphatic carbocycles. The molecule has 0 bridgehead atoms. The Kier molecular flexibility index (Phi) is 26.0. The molecule has 0 aromatic heterocycles. The van der Waals surface area contributed by atoms with Crippen LogP contribution in [0.5, 0.6) is 0 Å². The van der Waals surface area contributed by atoms with Crippen LogP contribution in [0.15, 0.2) is 0 Å². The molecular formula is C33H65F2NO2. The zero-order valence-electron chi connectivity index (χ0n) is 25.7. The standard InChI is InChI=1S/C33H65F2NO2/c1-4-7-10-13-14-15-20-25-31(36)26-21-16-17-22-28-33(34,35)32(37)38-29-27-30(23-18-11-8-5-2)24-19-12-9-6-3/h30-31H,4-29,36H2,1-3H3. The van der Waals surface area contributed by atoms with Crippen LogP contribution in [0.3, 0.4) is 0 Å². The summed E-state index contributed by atoms with van der Waals surface area (Å²) in [5.41, 5.74) is 6.23. The first kappa shape index (κ1) is 37.3. The summed E-state index contributed by atoms with van der Waals surface area (Å²) in [5, 5.41) is 0. The fraction of sp³-hybridized carbons (Fsp3) is 0.970. The minimum Gasteiger partial charge on any atom is -0.461 e. The van der Waals surface area contributed by atoms with Crippen molar-refractivity contribution in [3.8, 4) is 0 Å². The number of carbonyl (C=O) groups is 1. The molecule has 0 saturated heterocycles. The van der Waals surface area contributed by atoms with Gasteiger partial charge in [0.25, 0.3) is 0 Å². The zero-order chi connectivity index (χ0) is 28.3. The predicted molar refractivity (Wildman–Crippen MR) is 160 cm³/mol. The third-order valence-electron chi connectivity index (χ3n) is 7.98. The van der Waals surface area contributed by atoms with E-state index >= 15 is 0 Å². The second-order valence-electron chi connectivity index (χ2n) is 11.8. The second-order valence-corrected chi connectivity index (χ2v) is 11.8. The summed E-state index contributed by atoms with van der Waals surface area (Å²) >= 11 is 0. The topological polar surface area (TPSA) is 52.3 Å². The molecule has 2 N–H and O–H groups in total. The molecule has 1 atom stereocenters. The number of ether oxygens (including phenoxy) is 1. The van der Waals surface area contributed by atoms with Gasteiger partial charge in [-0.05, 0) is 31.6 Å². The highest BCUT2D eigenvalue weighted by Gasteiger charge is 2.39. The summed E-state index contributed by atoms with van der Waals surface area (Å²) < 4.78 is 33.7. The van der Waals surface area contributed by atoms with E-state index in [4.69, 9.17) is 10.5 Å². The highest BCUT2D eigenvalue weighted by molar-refractivity contribution is 5.77. The van der Waals surface area contributed by atoms with E-state index in [-0.39, 0.29) is 12.6 Å². The Hall–Kier alpha value is -0.710. The van der Waals surface area contributed by atoms with E-state index in [1.165, 1.54) is 96.3 Å². The van der Waals surface area contributed by atoms with Gasteiger partial charge in [0.1, 0.15) is 0 Å². The van der Waals surface area contributed by atoms with Crippen molar-refractivity contribution >= 4 is 5.97 Å². The van der Waals surface area contributed by atoms with Gasteiger partial charge in [0.2, 0.25) is 0 Å². The van der Waals surface area contributed by atoms with E-state index in [9.17, 15) is 13.6 Å². The lowest BCUT2D eigenvalue weighted by Crippen LogP contribution is -2.31. The normalized spacial score (nSPS) is 12.8. The summed E-state index contributed by atoms with van der Waals surface area (Å²) in [4.78, 5) is 12.1. The Labute approximate surface area is 235 Å². The summed E-state index contributed by atoms with van der Waals surface area (Å²) in [6.07, 6.45) is 26.3. The Morgan fingerprint density at radius 3 is 1.50 bits per heavy atom. The van der Waals surface area contributed by atoms with Gasteiger partial charge in [-0.3, -0.25) is 0 Å². The zero-order valence-corrected chi connectivity index (χ0v) is 25.7. The van der Waals surface area contributed by atoms with Crippen LogP contribution >= 0.6 is 0 Å². The highest BCUT2D eigenvalue weighted by atomic mass is 19.3. The van der Waals surface area contributed by atoms with Gasteiger partial charge in [0, 0.05) is 12.5 Å². The number of hydrogen-bond acceptors (Lipinski definition) is 3. The molecule has 38 heavy (non-hydrogen) atoms. The molecule has 0 radical (unpaired) electrons. The van der Waals surface area contributed by atoms with Crippen LogP contribution in [0.4, 0.5) is 8.78 Å². The number of halogens is 2. The summed E-state index contributed by atoms with van der Waals surface area (Å²) in [6, 6.07) is 0.226. The van der Waals surface area contributed by atoms with Gasteiger partial charge in [-0.1, -0.05) is 149 Å². The van der Waals surface area contributed by atoms with Crippen LogP contribution < -0.4 is 5.73 Å². The van der Waals surface area contributed by atoms with Crippen molar-refractivity contribution in [2.24, 2.45) is 11.7 Å². The molecule has 1 unspecified atom stereocenters. The van der Waals surface area contributed by atoms with Crippen molar-refractivity contribution in [1.29, 1.82) is 0 Å². The third kappa shape index (κ3) is 23.2. The molecule has 228 valence electrons. The fourth-order valence-corrected chi connectivity index (χ4v) is 5.29. The first-order valence-electron chi connectivity index (χ1n) is 16.7. The minimum absolute atomic E-state index is 0.122. The summed E-state index contributed by atoms with van der Waals surface area (Å²) in [7, 11) is 0. The van der Waals surface area contributed by atoms with E-state index in [2.05, 4.69) is 20.8 Å². The molecule has 0 amide bonds. The molecule has 3 nitrogen and oxygen atoms in total. The monoisotopic (exact) mass is 545 g/mol. The highest BCUT2D eigenvalue weighted by Crippen LogP contribution is 2.26. The van der Waals surface area contributed by atoms with E-state index in [0.717, 1.165) is 38.5 Å². The first-order valence-corrected chi connectivity index (χ1v) is 16.7. The van der Waals surface area contributed by atoms with Gasteiger partial charge in [0.05, 0.1) is 6.61 Å². The number of hydrogen-bond donors (Lipinski definition) is 1. The SMILES string of the molecule is CCCCCCCCCC(N)CCCCCCC(F)(F)C(=O)OCCC(CCCCCC)CCCCCC. The lowest BCUT2D eigenvalue weighted by molar-refractivity contribution is -0.173. The smallest absolute Gasteiger partial charge is 0.376 e. The number of rotatable bonds is 29. The Morgan fingerprint density at radius 2 is 1.00 bits per heavy atom. The maximum absolute atomic E-state index is 14.3. The third-order valence-corrected chi connectivity index (χ3v) is 7.98. The fourth-order valence-electron chi connectivity index (χ4n) is 5.29. The summed E-state index contributed by atoms with van der Waals surface area (Å²) in [5.74, 6) is -4.22. The molecule has 0 rings (SSSR count). The van der Waals surface area contributed by atoms with Gasteiger partial charge < -0.3 is 10.5 Å². The Balaban J connectivity index is 3.99. The molecule has 0 spiro atoms. The number of nitrogens with two attached hydrogens (primary N) is 1. The molecule has 0 heterocycles. The van der Waals surface area contributed by atoms with Gasteiger partial charge >= 0.3 is 11.9 Å². The van der Waals surface area contributed by atoms with E-state index in [0.29, 0.717) is 25.2 Å². The Bertz CT molecular complexity index is 503. The lowest BCUT2D eigenvalue weighted by Gasteiger charge is -2.19. The molecule has 5 heteroatoms. The minimum atomic E-state index is -3.37. The second kappa shape index (κ2) is 26.5. The van der Waals surface area contributed by atoms with Gasteiger partial charge in [0.15, 0.2) is 0 Å². The van der Waals surface area contributed by atoms with E-state index in [1.807, 2.05) is 0 Å². The molecule has 0 aliphatic heterocycles. The van der Waals surface area contributed by atoms with Crippen LogP contribution in [-0.4, -0.2) is 24.5 Å². The van der Waals surface area contributed by atoms with Gasteiger partial charge in [-0.2, -0.15) is 8.78 Å². The van der Waals surface area contributed by atoms with Crippen molar-refractivity contribution < 1.29 is 18.3 Å². The molecule has 0 saturated carbocycles. The van der Waals surface area contributed by atoms with Crippen LogP contribution in [0.2, 0.25) is 0 Å². The number of carbonyl (C=O) groups excluding carboxylic acids is 1. The number of unbranched alkanes of at least 4 members (excludes halogenated alkanes) is 15. The molecule has 0 fully saturated rings. The number of alkyl halides is 2. The van der Waals surface area contributed by atoms with Gasteiger partial charge in [-0.25, -0.2) is 4.79 Å². The average molecular weight is 546 g/mol. The lowest BCUT2D eigenvalue weighted by atomic mass is 9.92. The quantitative estimate of drug-likeness (QED) is 0.0751. The largest absolute Gasteiger partial charge is 0.461 e. The maximum Gasteiger partial charge on any atom is 0.376 e. The first-order chi connectivity index (χ1) is 18.4. The van der Waals surface area contributed by atoms with Gasteiger partial charge in [-0.15, -0.1) is 0 Å². The van der Waals surface area contributed by atoms with E-state index < -0.39 is 18.3 Å². The van der Waals surface area contributed by atoms with Crippen molar-refractivity contribution in [1.82, 2.24) is 0 Å².